The van der Waals surface area contributed by atoms with Crippen LogP contribution in [0.3, 0.4) is 0 Å². The fourth-order valence-corrected chi connectivity index (χ4v) is 2.05. The molecule has 21 heavy (non-hydrogen) atoms. The molecule has 0 aliphatic carbocycles. The molecule has 0 amide bonds. The molecule has 5 heteroatoms. The zero-order valence-corrected chi connectivity index (χ0v) is 13.2. The van der Waals surface area contributed by atoms with Gasteiger partial charge in [-0.25, -0.2) is 4.98 Å². The third-order valence-corrected chi connectivity index (χ3v) is 3.43. The highest BCUT2D eigenvalue weighted by atomic mass is 16.5. The second-order valence-corrected chi connectivity index (χ2v) is 5.69. The summed E-state index contributed by atoms with van der Waals surface area (Å²) >= 11 is 0. The largest absolute Gasteiger partial charge is 0.435 e. The zero-order chi connectivity index (χ0) is 15.4. The maximum Gasteiger partial charge on any atom is 0.222 e. The summed E-state index contributed by atoms with van der Waals surface area (Å²) in [6, 6.07) is 2.58. The summed E-state index contributed by atoms with van der Waals surface area (Å²) in [5, 5.41) is 4.26. The molecule has 0 bridgehead atoms. The fraction of sp³-hybridized carbons (Fsp3) is 0.500. The monoisotopic (exact) mass is 288 g/mol. The van der Waals surface area contributed by atoms with Crippen LogP contribution in [0.4, 0.5) is 0 Å². The Morgan fingerprint density at radius 2 is 2.10 bits per heavy atom. The van der Waals surface area contributed by atoms with Crippen LogP contribution in [0.25, 0.3) is 0 Å². The summed E-state index contributed by atoms with van der Waals surface area (Å²) in [6.45, 7) is 8.24. The number of rotatable bonds is 6. The van der Waals surface area contributed by atoms with Gasteiger partial charge in [0.2, 0.25) is 5.88 Å². The molecule has 0 spiro atoms. The Bertz CT molecular complexity index is 592. The summed E-state index contributed by atoms with van der Waals surface area (Å²) in [4.78, 5) is 4.40. The molecule has 0 saturated heterocycles. The van der Waals surface area contributed by atoms with Gasteiger partial charge in [-0.05, 0) is 45.2 Å². The summed E-state index contributed by atoms with van der Waals surface area (Å²) in [6.07, 6.45) is 7.24. The van der Waals surface area contributed by atoms with Crippen LogP contribution in [0.5, 0.6) is 11.6 Å². The van der Waals surface area contributed by atoms with E-state index in [1.165, 1.54) is 0 Å². The van der Waals surface area contributed by atoms with Crippen molar-refractivity contribution < 1.29 is 4.74 Å². The van der Waals surface area contributed by atoms with Gasteiger partial charge in [0.15, 0.2) is 5.75 Å². The first kappa shape index (κ1) is 15.5. The quantitative estimate of drug-likeness (QED) is 0.886. The van der Waals surface area contributed by atoms with Gasteiger partial charge in [-0.3, -0.25) is 4.68 Å². The second-order valence-electron chi connectivity index (χ2n) is 5.69. The van der Waals surface area contributed by atoms with E-state index >= 15 is 0 Å². The number of nitrogens with zero attached hydrogens (tertiary/aromatic N) is 3. The van der Waals surface area contributed by atoms with Crippen LogP contribution < -0.4 is 10.5 Å². The Hall–Kier alpha value is -1.88. The van der Waals surface area contributed by atoms with E-state index in [0.29, 0.717) is 17.7 Å². The van der Waals surface area contributed by atoms with Gasteiger partial charge in [0.1, 0.15) is 0 Å². The highest BCUT2D eigenvalue weighted by Gasteiger charge is 2.09. The first-order chi connectivity index (χ1) is 9.99. The molecule has 0 radical (unpaired) electrons. The number of aryl methyl sites for hydroxylation is 1. The number of nitrogens with two attached hydrogens (primary N) is 1. The first-order valence-electron chi connectivity index (χ1n) is 7.42. The Kier molecular flexibility index (Phi) is 4.96. The van der Waals surface area contributed by atoms with Crippen molar-refractivity contribution in [3.63, 3.8) is 0 Å². The Labute approximate surface area is 126 Å². The standard InChI is InChI=1S/C16H24N4O/c1-5-14(17)7-13-6-12(4)16(18-8-13)21-15-9-19-20(10-15)11(2)3/h6,8-11,14H,5,7,17H2,1-4H3. The summed E-state index contributed by atoms with van der Waals surface area (Å²) in [7, 11) is 0. The number of ether oxygens (including phenoxy) is 1. The summed E-state index contributed by atoms with van der Waals surface area (Å²) < 4.78 is 7.66. The molecule has 0 fully saturated rings. The predicted molar refractivity (Wildman–Crippen MR) is 83.6 cm³/mol. The van der Waals surface area contributed by atoms with Crippen LogP contribution in [-0.4, -0.2) is 20.8 Å². The van der Waals surface area contributed by atoms with Gasteiger partial charge < -0.3 is 10.5 Å². The van der Waals surface area contributed by atoms with Gasteiger partial charge in [0.05, 0.1) is 12.4 Å². The minimum atomic E-state index is 0.183. The molecule has 1 atom stereocenters. The average molecular weight is 288 g/mol. The van der Waals surface area contributed by atoms with Gasteiger partial charge in [0, 0.05) is 23.8 Å². The van der Waals surface area contributed by atoms with E-state index in [2.05, 4.69) is 36.9 Å². The van der Waals surface area contributed by atoms with Crippen LogP contribution in [0.1, 0.15) is 44.4 Å². The first-order valence-corrected chi connectivity index (χ1v) is 7.42. The van der Waals surface area contributed by atoms with Crippen molar-refractivity contribution in [2.45, 2.75) is 52.6 Å². The maximum absolute atomic E-state index is 5.98. The minimum Gasteiger partial charge on any atom is -0.435 e. The van der Waals surface area contributed by atoms with Crippen LogP contribution in [0.15, 0.2) is 24.7 Å². The van der Waals surface area contributed by atoms with Crippen LogP contribution in [0.2, 0.25) is 0 Å². The normalized spacial score (nSPS) is 12.7. The van der Waals surface area contributed by atoms with E-state index < -0.39 is 0 Å². The zero-order valence-electron chi connectivity index (χ0n) is 13.2. The van der Waals surface area contributed by atoms with Crippen LogP contribution in [-0.2, 0) is 6.42 Å². The lowest BCUT2D eigenvalue weighted by atomic mass is 10.1. The number of hydrogen-bond donors (Lipinski definition) is 1. The maximum atomic E-state index is 5.98. The second kappa shape index (κ2) is 6.72. The number of hydrogen-bond acceptors (Lipinski definition) is 4. The topological polar surface area (TPSA) is 66.0 Å². The van der Waals surface area contributed by atoms with E-state index in [1.54, 1.807) is 6.20 Å². The third-order valence-electron chi connectivity index (χ3n) is 3.43. The van der Waals surface area contributed by atoms with E-state index in [9.17, 15) is 0 Å². The SMILES string of the molecule is CCC(N)Cc1cnc(Oc2cnn(C(C)C)c2)c(C)c1. The summed E-state index contributed by atoms with van der Waals surface area (Å²) in [5.74, 6) is 1.32. The molecule has 0 aromatic carbocycles. The highest BCUT2D eigenvalue weighted by molar-refractivity contribution is 5.32. The minimum absolute atomic E-state index is 0.183. The number of pyridine rings is 1. The molecule has 2 aromatic rings. The van der Waals surface area contributed by atoms with E-state index in [0.717, 1.165) is 24.0 Å². The van der Waals surface area contributed by atoms with Crippen molar-refractivity contribution in [3.8, 4) is 11.6 Å². The van der Waals surface area contributed by atoms with Crippen molar-refractivity contribution >= 4 is 0 Å². The van der Waals surface area contributed by atoms with Gasteiger partial charge in [-0.15, -0.1) is 0 Å². The number of aromatic nitrogens is 3. The lowest BCUT2D eigenvalue weighted by Gasteiger charge is -2.11. The van der Waals surface area contributed by atoms with Gasteiger partial charge in [0.25, 0.3) is 0 Å². The van der Waals surface area contributed by atoms with Gasteiger partial charge in [-0.1, -0.05) is 6.92 Å². The van der Waals surface area contributed by atoms with E-state index in [4.69, 9.17) is 10.5 Å². The van der Waals surface area contributed by atoms with Gasteiger partial charge in [-0.2, -0.15) is 5.10 Å². The molecule has 5 nitrogen and oxygen atoms in total. The summed E-state index contributed by atoms with van der Waals surface area (Å²) in [5.41, 5.74) is 8.13. The molecular weight excluding hydrogens is 264 g/mol. The predicted octanol–water partition coefficient (Wildman–Crippen LogP) is 3.24. The van der Waals surface area contributed by atoms with Crippen molar-refractivity contribution in [3.05, 3.63) is 35.8 Å². The van der Waals surface area contributed by atoms with Crippen LogP contribution >= 0.6 is 0 Å². The molecule has 2 aromatic heterocycles. The molecular formula is C16H24N4O. The molecule has 2 N–H and O–H groups in total. The Morgan fingerprint density at radius 1 is 1.33 bits per heavy atom. The molecule has 114 valence electrons. The van der Waals surface area contributed by atoms with Crippen molar-refractivity contribution in [2.75, 3.05) is 0 Å². The fourth-order valence-electron chi connectivity index (χ4n) is 2.05. The molecule has 2 heterocycles. The van der Waals surface area contributed by atoms with Crippen molar-refractivity contribution in [1.29, 1.82) is 0 Å². The molecule has 1 unspecified atom stereocenters. The van der Waals surface area contributed by atoms with E-state index in [1.807, 2.05) is 24.0 Å². The highest BCUT2D eigenvalue weighted by Crippen LogP contribution is 2.24. The molecule has 0 aliphatic rings. The average Bonchev–Trinajstić information content (AvgIpc) is 2.90. The van der Waals surface area contributed by atoms with Crippen LogP contribution in [0, 0.1) is 6.92 Å². The molecule has 0 saturated carbocycles. The molecule has 2 rings (SSSR count). The lowest BCUT2D eigenvalue weighted by Crippen LogP contribution is -2.21. The Balaban J connectivity index is 2.09. The third kappa shape index (κ3) is 4.04. The molecule has 0 aliphatic heterocycles. The van der Waals surface area contributed by atoms with Crippen molar-refractivity contribution in [2.24, 2.45) is 5.73 Å². The lowest BCUT2D eigenvalue weighted by molar-refractivity contribution is 0.454. The smallest absolute Gasteiger partial charge is 0.222 e. The van der Waals surface area contributed by atoms with Gasteiger partial charge >= 0.3 is 0 Å². The Morgan fingerprint density at radius 3 is 2.67 bits per heavy atom. The van der Waals surface area contributed by atoms with Crippen molar-refractivity contribution in [1.82, 2.24) is 14.8 Å². The van der Waals surface area contributed by atoms with E-state index in [-0.39, 0.29) is 6.04 Å².